The van der Waals surface area contributed by atoms with Crippen molar-refractivity contribution in [3.63, 3.8) is 0 Å². The van der Waals surface area contributed by atoms with E-state index in [0.717, 1.165) is 11.4 Å². The molecule has 16 heavy (non-hydrogen) atoms. The second-order valence-electron chi connectivity index (χ2n) is 3.47. The summed E-state index contributed by atoms with van der Waals surface area (Å²) in [7, 11) is 0. The van der Waals surface area contributed by atoms with Gasteiger partial charge >= 0.3 is 0 Å². The molecule has 82 valence electrons. The van der Waals surface area contributed by atoms with Crippen molar-refractivity contribution >= 4 is 11.7 Å². The highest BCUT2D eigenvalue weighted by Gasteiger charge is 2.05. The van der Waals surface area contributed by atoms with Gasteiger partial charge in [-0.1, -0.05) is 6.07 Å². The highest BCUT2D eigenvalue weighted by molar-refractivity contribution is 5.91. The first kappa shape index (κ1) is 10.4. The van der Waals surface area contributed by atoms with Gasteiger partial charge in [-0.05, 0) is 25.1 Å². The number of carbonyl (C=O) groups excluding carboxylic acids is 1. The summed E-state index contributed by atoms with van der Waals surface area (Å²) in [6.07, 6.45) is 1.89. The largest absolute Gasteiger partial charge is 0.310 e. The van der Waals surface area contributed by atoms with E-state index < -0.39 is 0 Å². The molecule has 0 radical (unpaired) electrons. The maximum atomic E-state index is 11.6. The molecule has 2 heterocycles. The van der Waals surface area contributed by atoms with Crippen molar-refractivity contribution in [2.45, 2.75) is 13.3 Å². The number of H-pyrrole nitrogens is 1. The molecule has 0 aliphatic carbocycles. The molecular formula is C11H12N4O. The fraction of sp³-hybridized carbons (Fsp3) is 0.182. The molecule has 0 bridgehead atoms. The lowest BCUT2D eigenvalue weighted by Gasteiger charge is -2.03. The van der Waals surface area contributed by atoms with E-state index >= 15 is 0 Å². The van der Waals surface area contributed by atoms with Gasteiger partial charge in [0.2, 0.25) is 5.91 Å². The van der Waals surface area contributed by atoms with Crippen LogP contribution in [0, 0.1) is 6.92 Å². The maximum Gasteiger partial charge on any atom is 0.231 e. The number of nitrogens with one attached hydrogen (secondary N) is 2. The molecule has 0 aliphatic rings. The normalized spacial score (nSPS) is 10.1. The molecule has 2 N–H and O–H groups in total. The summed E-state index contributed by atoms with van der Waals surface area (Å²) in [6.45, 7) is 1.88. The molecule has 2 aromatic heterocycles. The molecule has 0 saturated heterocycles. The SMILES string of the molecule is Cc1cccc(NC(=O)Cc2ccn[nH]2)n1. The van der Waals surface area contributed by atoms with E-state index in [0.29, 0.717) is 5.82 Å². The summed E-state index contributed by atoms with van der Waals surface area (Å²) in [5, 5.41) is 9.23. The van der Waals surface area contributed by atoms with Gasteiger partial charge in [0.1, 0.15) is 5.82 Å². The summed E-state index contributed by atoms with van der Waals surface area (Å²) in [5.74, 6) is 0.465. The number of aromatic amines is 1. The van der Waals surface area contributed by atoms with Crippen molar-refractivity contribution in [3.8, 4) is 0 Å². The van der Waals surface area contributed by atoms with Crippen LogP contribution in [0.25, 0.3) is 0 Å². The Hall–Kier alpha value is -2.17. The van der Waals surface area contributed by atoms with Gasteiger partial charge in [-0.3, -0.25) is 9.89 Å². The molecule has 0 saturated carbocycles. The number of aromatic nitrogens is 3. The van der Waals surface area contributed by atoms with Crippen LogP contribution in [-0.4, -0.2) is 21.1 Å². The van der Waals surface area contributed by atoms with E-state index in [1.165, 1.54) is 0 Å². The lowest BCUT2D eigenvalue weighted by atomic mass is 10.3. The second-order valence-corrected chi connectivity index (χ2v) is 3.47. The van der Waals surface area contributed by atoms with E-state index in [1.807, 2.05) is 19.1 Å². The maximum absolute atomic E-state index is 11.6. The highest BCUT2D eigenvalue weighted by Crippen LogP contribution is 2.04. The summed E-state index contributed by atoms with van der Waals surface area (Å²) in [5.41, 5.74) is 1.66. The first-order valence-electron chi connectivity index (χ1n) is 4.96. The van der Waals surface area contributed by atoms with Crippen LogP contribution in [-0.2, 0) is 11.2 Å². The fourth-order valence-electron chi connectivity index (χ4n) is 1.36. The van der Waals surface area contributed by atoms with E-state index in [1.54, 1.807) is 18.3 Å². The second kappa shape index (κ2) is 4.57. The van der Waals surface area contributed by atoms with Crippen LogP contribution in [0.2, 0.25) is 0 Å². The number of nitrogens with zero attached hydrogens (tertiary/aromatic N) is 2. The minimum absolute atomic E-state index is 0.109. The molecule has 5 nitrogen and oxygen atoms in total. The Morgan fingerprint density at radius 3 is 3.00 bits per heavy atom. The van der Waals surface area contributed by atoms with Crippen LogP contribution in [0.1, 0.15) is 11.4 Å². The Labute approximate surface area is 92.9 Å². The molecular weight excluding hydrogens is 204 g/mol. The van der Waals surface area contributed by atoms with Crippen molar-refractivity contribution < 1.29 is 4.79 Å². The van der Waals surface area contributed by atoms with Crippen LogP contribution in [0.15, 0.2) is 30.5 Å². The molecule has 0 unspecified atom stereocenters. The molecule has 0 aromatic carbocycles. The highest BCUT2D eigenvalue weighted by atomic mass is 16.1. The number of anilines is 1. The molecule has 5 heteroatoms. The molecule has 2 rings (SSSR count). The predicted molar refractivity (Wildman–Crippen MR) is 59.9 cm³/mol. The van der Waals surface area contributed by atoms with Crippen LogP contribution < -0.4 is 5.32 Å². The lowest BCUT2D eigenvalue weighted by Crippen LogP contribution is -2.15. The Kier molecular flexibility index (Phi) is 2.95. The predicted octanol–water partition coefficient (Wildman–Crippen LogP) is 1.29. The Morgan fingerprint density at radius 1 is 1.44 bits per heavy atom. The Morgan fingerprint density at radius 2 is 2.31 bits per heavy atom. The number of pyridine rings is 1. The standard InChI is InChI=1S/C11H12N4O/c1-8-3-2-4-10(13-8)14-11(16)7-9-5-6-12-15-9/h2-6H,7H2,1H3,(H,12,15)(H,13,14,16). The summed E-state index contributed by atoms with van der Waals surface area (Å²) < 4.78 is 0. The van der Waals surface area contributed by atoms with Crippen molar-refractivity contribution in [3.05, 3.63) is 41.9 Å². The minimum Gasteiger partial charge on any atom is -0.310 e. The Bertz CT molecular complexity index is 478. The zero-order valence-electron chi connectivity index (χ0n) is 8.90. The van der Waals surface area contributed by atoms with Crippen LogP contribution >= 0.6 is 0 Å². The van der Waals surface area contributed by atoms with Crippen molar-refractivity contribution in [1.82, 2.24) is 15.2 Å². The van der Waals surface area contributed by atoms with E-state index in [-0.39, 0.29) is 12.3 Å². The van der Waals surface area contributed by atoms with Gasteiger partial charge in [0, 0.05) is 17.6 Å². The van der Waals surface area contributed by atoms with Gasteiger partial charge < -0.3 is 5.32 Å². The molecule has 0 aliphatic heterocycles. The van der Waals surface area contributed by atoms with Crippen molar-refractivity contribution in [2.24, 2.45) is 0 Å². The number of carbonyl (C=O) groups is 1. The van der Waals surface area contributed by atoms with Crippen LogP contribution in [0.5, 0.6) is 0 Å². The zero-order valence-corrected chi connectivity index (χ0v) is 8.90. The molecule has 0 spiro atoms. The number of amides is 1. The quantitative estimate of drug-likeness (QED) is 0.812. The topological polar surface area (TPSA) is 70.7 Å². The van der Waals surface area contributed by atoms with Gasteiger partial charge in [0.25, 0.3) is 0 Å². The average molecular weight is 216 g/mol. The van der Waals surface area contributed by atoms with E-state index in [4.69, 9.17) is 0 Å². The number of aryl methyl sites for hydroxylation is 1. The van der Waals surface area contributed by atoms with Gasteiger partial charge in [-0.25, -0.2) is 4.98 Å². The minimum atomic E-state index is -0.109. The summed E-state index contributed by atoms with van der Waals surface area (Å²) in [4.78, 5) is 15.8. The van der Waals surface area contributed by atoms with Gasteiger partial charge in [0.05, 0.1) is 6.42 Å². The monoisotopic (exact) mass is 216 g/mol. The van der Waals surface area contributed by atoms with Gasteiger partial charge in [-0.2, -0.15) is 5.10 Å². The summed E-state index contributed by atoms with van der Waals surface area (Å²) >= 11 is 0. The lowest BCUT2D eigenvalue weighted by molar-refractivity contribution is -0.115. The number of rotatable bonds is 3. The van der Waals surface area contributed by atoms with Crippen LogP contribution in [0.4, 0.5) is 5.82 Å². The zero-order chi connectivity index (χ0) is 11.4. The number of hydrogen-bond donors (Lipinski definition) is 2. The first-order chi connectivity index (χ1) is 7.74. The fourth-order valence-corrected chi connectivity index (χ4v) is 1.36. The molecule has 0 fully saturated rings. The average Bonchev–Trinajstić information content (AvgIpc) is 2.70. The number of hydrogen-bond acceptors (Lipinski definition) is 3. The third-order valence-electron chi connectivity index (χ3n) is 2.07. The third-order valence-corrected chi connectivity index (χ3v) is 2.07. The third kappa shape index (κ3) is 2.66. The molecule has 1 amide bonds. The van der Waals surface area contributed by atoms with E-state index in [2.05, 4.69) is 20.5 Å². The molecule has 0 atom stereocenters. The van der Waals surface area contributed by atoms with Gasteiger partial charge in [-0.15, -0.1) is 0 Å². The smallest absolute Gasteiger partial charge is 0.231 e. The van der Waals surface area contributed by atoms with Crippen molar-refractivity contribution in [1.29, 1.82) is 0 Å². The van der Waals surface area contributed by atoms with Crippen LogP contribution in [0.3, 0.4) is 0 Å². The van der Waals surface area contributed by atoms with Crippen molar-refractivity contribution in [2.75, 3.05) is 5.32 Å². The first-order valence-corrected chi connectivity index (χ1v) is 4.96. The van der Waals surface area contributed by atoms with Gasteiger partial charge in [0.15, 0.2) is 0 Å². The van der Waals surface area contributed by atoms with E-state index in [9.17, 15) is 4.79 Å². The summed E-state index contributed by atoms with van der Waals surface area (Å²) in [6, 6.07) is 7.26. The molecule has 2 aromatic rings. The Balaban J connectivity index is 1.97.